The van der Waals surface area contributed by atoms with Crippen molar-refractivity contribution in [1.82, 2.24) is 9.21 Å². The molecule has 4 rings (SSSR count). The van der Waals surface area contributed by atoms with Gasteiger partial charge in [0.2, 0.25) is 15.9 Å². The molecule has 6 heteroatoms. The molecule has 2 aromatic carbocycles. The number of sulfonamides is 1. The predicted octanol–water partition coefficient (Wildman–Crippen LogP) is 4.38. The maximum Gasteiger partial charge on any atom is 0.243 e. The molecule has 0 aromatic heterocycles. The van der Waals surface area contributed by atoms with E-state index in [2.05, 4.69) is 12.1 Å². The molecule has 1 atom stereocenters. The van der Waals surface area contributed by atoms with Gasteiger partial charge in [0, 0.05) is 25.6 Å². The van der Waals surface area contributed by atoms with E-state index >= 15 is 0 Å². The van der Waals surface area contributed by atoms with Crippen LogP contribution in [-0.2, 0) is 14.8 Å². The average molecular weight is 441 g/mol. The number of hydrogen-bond acceptors (Lipinski definition) is 3. The van der Waals surface area contributed by atoms with Gasteiger partial charge in [0.25, 0.3) is 0 Å². The molecular formula is C25H32N2O3S. The lowest BCUT2D eigenvalue weighted by atomic mass is 9.95. The lowest BCUT2D eigenvalue weighted by Gasteiger charge is -2.35. The largest absolute Gasteiger partial charge is 0.335 e. The Morgan fingerprint density at radius 3 is 2.13 bits per heavy atom. The van der Waals surface area contributed by atoms with E-state index < -0.39 is 10.0 Å². The Morgan fingerprint density at radius 2 is 1.52 bits per heavy atom. The van der Waals surface area contributed by atoms with Crippen LogP contribution in [-0.4, -0.2) is 43.2 Å². The van der Waals surface area contributed by atoms with Crippen LogP contribution in [0, 0.1) is 26.7 Å². The first-order valence-electron chi connectivity index (χ1n) is 11.2. The van der Waals surface area contributed by atoms with E-state index in [0.717, 1.165) is 36.1 Å². The summed E-state index contributed by atoms with van der Waals surface area (Å²) in [5.41, 5.74) is 3.84. The topological polar surface area (TPSA) is 57.7 Å². The van der Waals surface area contributed by atoms with Crippen molar-refractivity contribution in [1.29, 1.82) is 0 Å². The molecule has 0 spiro atoms. The minimum Gasteiger partial charge on any atom is -0.335 e. The first-order chi connectivity index (χ1) is 14.8. The van der Waals surface area contributed by atoms with Crippen LogP contribution in [0.2, 0.25) is 0 Å². The van der Waals surface area contributed by atoms with E-state index in [1.807, 2.05) is 56.0 Å². The third kappa shape index (κ3) is 4.28. The summed E-state index contributed by atoms with van der Waals surface area (Å²) < 4.78 is 28.3. The highest BCUT2D eigenvalue weighted by molar-refractivity contribution is 7.89. The molecule has 2 saturated heterocycles. The molecule has 0 aliphatic carbocycles. The van der Waals surface area contributed by atoms with Gasteiger partial charge in [0.05, 0.1) is 10.9 Å². The molecule has 2 aromatic rings. The molecule has 2 heterocycles. The van der Waals surface area contributed by atoms with Gasteiger partial charge in [-0.1, -0.05) is 48.0 Å². The SMILES string of the molecule is Cc1cc(C)c(S(=O)(=O)N2CCC(C(=O)N3CCC[C@@H]3c3ccccc3)CC2)c(C)c1. The summed E-state index contributed by atoms with van der Waals surface area (Å²) in [5, 5.41) is 0. The van der Waals surface area contributed by atoms with Gasteiger partial charge < -0.3 is 4.90 Å². The number of likely N-dealkylation sites (tertiary alicyclic amines) is 1. The number of benzene rings is 2. The van der Waals surface area contributed by atoms with Gasteiger partial charge in [-0.3, -0.25) is 4.79 Å². The van der Waals surface area contributed by atoms with Crippen LogP contribution in [0.4, 0.5) is 0 Å². The van der Waals surface area contributed by atoms with Crippen LogP contribution in [0.25, 0.3) is 0 Å². The van der Waals surface area contributed by atoms with Gasteiger partial charge in [0.15, 0.2) is 0 Å². The monoisotopic (exact) mass is 440 g/mol. The Hall–Kier alpha value is -2.18. The van der Waals surface area contributed by atoms with Crippen LogP contribution in [0.5, 0.6) is 0 Å². The fourth-order valence-corrected chi connectivity index (χ4v) is 7.21. The van der Waals surface area contributed by atoms with Crippen molar-refractivity contribution in [2.24, 2.45) is 5.92 Å². The van der Waals surface area contributed by atoms with E-state index in [-0.39, 0.29) is 17.9 Å². The third-order valence-electron chi connectivity index (χ3n) is 6.73. The Bertz CT molecular complexity index is 1030. The maximum absolute atomic E-state index is 13.3. The normalized spacial score (nSPS) is 20.9. The number of carbonyl (C=O) groups is 1. The lowest BCUT2D eigenvalue weighted by molar-refractivity contribution is -0.137. The number of rotatable bonds is 4. The average Bonchev–Trinajstić information content (AvgIpc) is 3.23. The first kappa shape index (κ1) is 22.0. The molecule has 0 N–H and O–H groups in total. The first-order valence-corrected chi connectivity index (χ1v) is 12.7. The van der Waals surface area contributed by atoms with Crippen LogP contribution < -0.4 is 0 Å². The second-order valence-electron chi connectivity index (χ2n) is 9.01. The summed E-state index contributed by atoms with van der Waals surface area (Å²) in [7, 11) is -3.55. The molecule has 2 aliphatic heterocycles. The van der Waals surface area contributed by atoms with Crippen molar-refractivity contribution < 1.29 is 13.2 Å². The quantitative estimate of drug-likeness (QED) is 0.709. The zero-order chi connectivity index (χ0) is 22.2. The number of carbonyl (C=O) groups excluding carboxylic acids is 1. The summed E-state index contributed by atoms with van der Waals surface area (Å²) in [5.74, 6) is 0.0853. The Labute approximate surface area is 186 Å². The summed E-state index contributed by atoms with van der Waals surface area (Å²) in [6, 6.07) is 14.2. The highest BCUT2D eigenvalue weighted by Gasteiger charge is 2.38. The van der Waals surface area contributed by atoms with Gasteiger partial charge in [0.1, 0.15) is 0 Å². The van der Waals surface area contributed by atoms with Crippen molar-refractivity contribution in [3.05, 3.63) is 64.7 Å². The van der Waals surface area contributed by atoms with E-state index in [1.54, 1.807) is 4.31 Å². The van der Waals surface area contributed by atoms with Crippen molar-refractivity contribution in [2.75, 3.05) is 19.6 Å². The van der Waals surface area contributed by atoms with Crippen LogP contribution in [0.3, 0.4) is 0 Å². The molecule has 0 unspecified atom stereocenters. The molecular weight excluding hydrogens is 408 g/mol. The highest BCUT2D eigenvalue weighted by atomic mass is 32.2. The Morgan fingerprint density at radius 1 is 0.903 bits per heavy atom. The van der Waals surface area contributed by atoms with Crippen molar-refractivity contribution in [3.63, 3.8) is 0 Å². The molecule has 0 radical (unpaired) electrons. The van der Waals surface area contributed by atoms with Gasteiger partial charge in [-0.25, -0.2) is 8.42 Å². The van der Waals surface area contributed by atoms with Crippen molar-refractivity contribution >= 4 is 15.9 Å². The molecule has 0 saturated carbocycles. The third-order valence-corrected chi connectivity index (χ3v) is 8.93. The molecule has 2 fully saturated rings. The number of nitrogens with zero attached hydrogens (tertiary/aromatic N) is 2. The smallest absolute Gasteiger partial charge is 0.243 e. The summed E-state index contributed by atoms with van der Waals surface area (Å²) in [6.45, 7) is 7.29. The second kappa shape index (κ2) is 8.75. The fraction of sp³-hybridized carbons (Fsp3) is 0.480. The molecule has 1 amide bonds. The van der Waals surface area contributed by atoms with Gasteiger partial charge in [-0.15, -0.1) is 0 Å². The van der Waals surface area contributed by atoms with Crippen molar-refractivity contribution in [2.45, 2.75) is 57.4 Å². The number of hydrogen-bond donors (Lipinski definition) is 0. The van der Waals surface area contributed by atoms with Gasteiger partial charge >= 0.3 is 0 Å². The molecule has 0 bridgehead atoms. The number of piperidine rings is 1. The second-order valence-corrected chi connectivity index (χ2v) is 10.9. The zero-order valence-corrected chi connectivity index (χ0v) is 19.5. The predicted molar refractivity (Wildman–Crippen MR) is 122 cm³/mol. The zero-order valence-electron chi connectivity index (χ0n) is 18.7. The molecule has 166 valence electrons. The molecule has 2 aliphatic rings. The summed E-state index contributed by atoms with van der Waals surface area (Å²) >= 11 is 0. The van der Waals surface area contributed by atoms with E-state index in [1.165, 1.54) is 5.56 Å². The minimum atomic E-state index is -3.55. The van der Waals surface area contributed by atoms with Gasteiger partial charge in [-0.05, 0) is 63.1 Å². The Balaban J connectivity index is 1.46. The molecule has 5 nitrogen and oxygen atoms in total. The van der Waals surface area contributed by atoms with E-state index in [9.17, 15) is 13.2 Å². The standard InChI is InChI=1S/C25H32N2O3S/c1-18-16-19(2)24(20(3)17-18)31(29,30)26-14-11-22(12-15-26)25(28)27-13-7-10-23(27)21-8-5-4-6-9-21/h4-6,8-9,16-17,22-23H,7,10-15H2,1-3H3/t23-/m1/s1. The number of amides is 1. The molecule has 31 heavy (non-hydrogen) atoms. The number of aryl methyl sites for hydroxylation is 3. The Kier molecular flexibility index (Phi) is 6.22. The lowest BCUT2D eigenvalue weighted by Crippen LogP contribution is -2.44. The minimum absolute atomic E-state index is 0.101. The maximum atomic E-state index is 13.3. The fourth-order valence-electron chi connectivity index (χ4n) is 5.33. The van der Waals surface area contributed by atoms with E-state index in [0.29, 0.717) is 30.8 Å². The highest BCUT2D eigenvalue weighted by Crippen LogP contribution is 2.35. The van der Waals surface area contributed by atoms with E-state index in [4.69, 9.17) is 0 Å². The van der Waals surface area contributed by atoms with Crippen LogP contribution in [0.1, 0.15) is 54.0 Å². The van der Waals surface area contributed by atoms with Crippen molar-refractivity contribution in [3.8, 4) is 0 Å². The van der Waals surface area contributed by atoms with Gasteiger partial charge in [-0.2, -0.15) is 4.31 Å². The summed E-state index contributed by atoms with van der Waals surface area (Å²) in [6.07, 6.45) is 3.18. The van der Waals surface area contributed by atoms with Crippen LogP contribution >= 0.6 is 0 Å². The summed E-state index contributed by atoms with van der Waals surface area (Å²) in [4.78, 5) is 15.8. The van der Waals surface area contributed by atoms with Crippen LogP contribution in [0.15, 0.2) is 47.4 Å².